The molecule has 0 radical (unpaired) electrons. The largest absolute Gasteiger partial charge is 0.278 e. The number of para-hydroxylation sites is 1. The van der Waals surface area contributed by atoms with Gasteiger partial charge in [0.25, 0.3) is 0 Å². The molecule has 0 aliphatic rings. The third-order valence-corrected chi connectivity index (χ3v) is 4.03. The van der Waals surface area contributed by atoms with Gasteiger partial charge in [0, 0.05) is 10.4 Å². The van der Waals surface area contributed by atoms with Gasteiger partial charge in [-0.15, -0.1) is 0 Å². The molecule has 0 aliphatic carbocycles. The van der Waals surface area contributed by atoms with E-state index >= 15 is 0 Å². The second-order valence-electron chi connectivity index (χ2n) is 6.34. The fraction of sp³-hybridized carbons (Fsp3) is 0.222. The highest BCUT2D eigenvalue weighted by Crippen LogP contribution is 2.33. The summed E-state index contributed by atoms with van der Waals surface area (Å²) in [5.41, 5.74) is 7.75. The van der Waals surface area contributed by atoms with Gasteiger partial charge < -0.3 is 0 Å². The molecule has 4 nitrogen and oxygen atoms in total. The normalized spacial score (nSPS) is 12.5. The Morgan fingerprint density at radius 1 is 0.960 bits per heavy atom. The van der Waals surface area contributed by atoms with E-state index < -0.39 is 0 Å². The summed E-state index contributed by atoms with van der Waals surface area (Å²) in [6, 6.07) is 12.9. The van der Waals surface area contributed by atoms with Crippen LogP contribution >= 0.6 is 34.8 Å². The van der Waals surface area contributed by atoms with Gasteiger partial charge in [-0.05, 0) is 24.3 Å². The van der Waals surface area contributed by atoms with Crippen molar-refractivity contribution >= 4 is 58.1 Å². The van der Waals surface area contributed by atoms with Crippen LogP contribution in [0.3, 0.4) is 0 Å². The van der Waals surface area contributed by atoms with E-state index in [0.717, 1.165) is 11.4 Å². The molecule has 132 valence electrons. The van der Waals surface area contributed by atoms with Gasteiger partial charge in [-0.2, -0.15) is 10.2 Å². The Hall–Kier alpha value is -1.75. The van der Waals surface area contributed by atoms with Crippen LogP contribution in [0.5, 0.6) is 0 Å². The summed E-state index contributed by atoms with van der Waals surface area (Å²) >= 11 is 18.3. The Kier molecular flexibility index (Phi) is 6.71. The lowest BCUT2D eigenvalue weighted by Gasteiger charge is -2.18. The van der Waals surface area contributed by atoms with Crippen LogP contribution in [0.2, 0.25) is 15.1 Å². The molecule has 25 heavy (non-hydrogen) atoms. The number of rotatable bonds is 5. The lowest BCUT2D eigenvalue weighted by atomic mass is 9.91. The molecule has 0 spiro atoms. The zero-order valence-corrected chi connectivity index (χ0v) is 16.4. The maximum Gasteiger partial charge on any atom is 0.0935 e. The fourth-order valence-electron chi connectivity index (χ4n) is 1.84. The van der Waals surface area contributed by atoms with E-state index in [4.69, 9.17) is 34.8 Å². The number of halogens is 3. The lowest BCUT2D eigenvalue weighted by molar-refractivity contribution is 0.597. The maximum absolute atomic E-state index is 6.17. The van der Waals surface area contributed by atoms with Gasteiger partial charge >= 0.3 is 0 Å². The number of hydrogen-bond donors (Lipinski definition) is 2. The van der Waals surface area contributed by atoms with Gasteiger partial charge in [-0.1, -0.05) is 73.8 Å². The van der Waals surface area contributed by atoms with Gasteiger partial charge in [-0.25, -0.2) is 0 Å². The minimum Gasteiger partial charge on any atom is -0.278 e. The number of nitrogens with one attached hydrogen (secondary N) is 2. The molecule has 2 aromatic rings. The molecular formula is C18H19Cl3N4. The average molecular weight is 398 g/mol. The van der Waals surface area contributed by atoms with E-state index in [9.17, 15) is 0 Å². The van der Waals surface area contributed by atoms with Crippen LogP contribution in [0.25, 0.3) is 0 Å². The summed E-state index contributed by atoms with van der Waals surface area (Å²) in [5, 5.41) is 9.92. The minimum absolute atomic E-state index is 0.236. The third kappa shape index (κ3) is 5.92. The molecule has 7 heteroatoms. The molecule has 2 aromatic carbocycles. The number of hydrogen-bond acceptors (Lipinski definition) is 4. The first kappa shape index (κ1) is 19.6. The lowest BCUT2D eigenvalue weighted by Crippen LogP contribution is -2.23. The second-order valence-corrected chi connectivity index (χ2v) is 7.59. The van der Waals surface area contributed by atoms with Crippen molar-refractivity contribution in [3.8, 4) is 0 Å². The molecule has 0 saturated carbocycles. The maximum atomic E-state index is 6.17. The van der Waals surface area contributed by atoms with Gasteiger partial charge in [0.05, 0.1) is 33.3 Å². The first-order chi connectivity index (χ1) is 11.8. The molecule has 2 rings (SSSR count). The Balaban J connectivity index is 2.19. The van der Waals surface area contributed by atoms with Crippen molar-refractivity contribution < 1.29 is 0 Å². The van der Waals surface area contributed by atoms with Gasteiger partial charge in [0.15, 0.2) is 0 Å². The fourth-order valence-corrected chi connectivity index (χ4v) is 2.74. The molecule has 0 heterocycles. The van der Waals surface area contributed by atoms with Crippen LogP contribution in [0.4, 0.5) is 11.4 Å². The summed E-state index contributed by atoms with van der Waals surface area (Å²) in [5.74, 6) is 0. The first-order valence-corrected chi connectivity index (χ1v) is 8.73. The van der Waals surface area contributed by atoms with E-state index in [1.54, 1.807) is 18.3 Å². The summed E-state index contributed by atoms with van der Waals surface area (Å²) < 4.78 is 0. The van der Waals surface area contributed by atoms with E-state index in [1.165, 1.54) is 0 Å². The van der Waals surface area contributed by atoms with Crippen molar-refractivity contribution in [3.63, 3.8) is 0 Å². The van der Waals surface area contributed by atoms with Crippen LogP contribution < -0.4 is 10.9 Å². The molecule has 0 aromatic heterocycles. The van der Waals surface area contributed by atoms with E-state index in [-0.39, 0.29) is 5.41 Å². The van der Waals surface area contributed by atoms with Crippen molar-refractivity contribution in [2.75, 3.05) is 10.9 Å². The zero-order valence-electron chi connectivity index (χ0n) is 14.1. The van der Waals surface area contributed by atoms with Crippen molar-refractivity contribution in [2.24, 2.45) is 15.6 Å². The third-order valence-electron chi connectivity index (χ3n) is 3.22. The highest BCUT2D eigenvalue weighted by molar-refractivity contribution is 6.41. The van der Waals surface area contributed by atoms with Crippen LogP contribution in [0.15, 0.2) is 52.7 Å². The highest BCUT2D eigenvalue weighted by Gasteiger charge is 2.18. The van der Waals surface area contributed by atoms with E-state index in [0.29, 0.717) is 20.8 Å². The van der Waals surface area contributed by atoms with Crippen molar-refractivity contribution in [2.45, 2.75) is 20.8 Å². The van der Waals surface area contributed by atoms with Crippen molar-refractivity contribution in [1.29, 1.82) is 0 Å². The molecule has 0 saturated heterocycles. The topological polar surface area (TPSA) is 48.8 Å². The Bertz CT molecular complexity index is 758. The Labute approximate surface area is 162 Å². The summed E-state index contributed by atoms with van der Waals surface area (Å²) in [7, 11) is 0. The molecule has 0 aliphatic heterocycles. The molecule has 0 amide bonds. The number of hydrazone groups is 2. The summed E-state index contributed by atoms with van der Waals surface area (Å²) in [6.07, 6.45) is 1.66. The number of anilines is 2. The predicted octanol–water partition coefficient (Wildman–Crippen LogP) is 6.56. The Morgan fingerprint density at radius 3 is 2.12 bits per heavy atom. The van der Waals surface area contributed by atoms with Crippen molar-refractivity contribution in [1.82, 2.24) is 0 Å². The van der Waals surface area contributed by atoms with Crippen molar-refractivity contribution in [3.05, 3.63) is 57.5 Å². The van der Waals surface area contributed by atoms with Crippen LogP contribution in [-0.2, 0) is 0 Å². The second kappa shape index (κ2) is 8.56. The van der Waals surface area contributed by atoms with Crippen LogP contribution in [-0.4, -0.2) is 11.9 Å². The van der Waals surface area contributed by atoms with Crippen LogP contribution in [0, 0.1) is 5.41 Å². The molecular weight excluding hydrogens is 379 g/mol. The Morgan fingerprint density at radius 2 is 1.56 bits per heavy atom. The van der Waals surface area contributed by atoms with Gasteiger partial charge in [-0.3, -0.25) is 10.9 Å². The van der Waals surface area contributed by atoms with E-state index in [1.807, 2.05) is 51.1 Å². The molecule has 0 unspecified atom stereocenters. The molecule has 0 fully saturated rings. The minimum atomic E-state index is -0.236. The number of benzene rings is 2. The summed E-state index contributed by atoms with van der Waals surface area (Å²) in [6.45, 7) is 6.10. The quantitative estimate of drug-likeness (QED) is 0.443. The molecule has 0 atom stereocenters. The average Bonchev–Trinajstić information content (AvgIpc) is 2.52. The molecule has 2 N–H and O–H groups in total. The zero-order chi connectivity index (χ0) is 18.4. The molecule has 0 bridgehead atoms. The number of nitrogens with zero attached hydrogens (tertiary/aromatic N) is 2. The SMILES string of the molecule is CC(C)(C)C(/C=N\Nc1ccccc1)=N/Nc1c(Cl)cc(Cl)cc1Cl. The highest BCUT2D eigenvalue weighted by atomic mass is 35.5. The predicted molar refractivity (Wildman–Crippen MR) is 111 cm³/mol. The van der Waals surface area contributed by atoms with E-state index in [2.05, 4.69) is 21.1 Å². The van der Waals surface area contributed by atoms with Gasteiger partial charge in [0.2, 0.25) is 0 Å². The smallest absolute Gasteiger partial charge is 0.0935 e. The monoisotopic (exact) mass is 396 g/mol. The summed E-state index contributed by atoms with van der Waals surface area (Å²) in [4.78, 5) is 0. The standard InChI is InChI=1S/C18H19Cl3N4/c1-18(2,3)16(11-22-23-13-7-5-4-6-8-13)24-25-17-14(20)9-12(19)10-15(17)21/h4-11,23,25H,1-3H3/b22-11-,24-16+. The first-order valence-electron chi connectivity index (χ1n) is 7.60. The van der Waals surface area contributed by atoms with Gasteiger partial charge in [0.1, 0.15) is 0 Å². The van der Waals surface area contributed by atoms with Crippen LogP contribution in [0.1, 0.15) is 20.8 Å².